The fourth-order valence-corrected chi connectivity index (χ4v) is 4.17. The van der Waals surface area contributed by atoms with Gasteiger partial charge in [0.2, 0.25) is 0 Å². The van der Waals surface area contributed by atoms with Gasteiger partial charge in [-0.2, -0.15) is 14.0 Å². The van der Waals surface area contributed by atoms with Crippen LogP contribution in [-0.4, -0.2) is 16.6 Å². The van der Waals surface area contributed by atoms with Gasteiger partial charge in [0, 0.05) is 16.0 Å². The number of aromatic nitrogens is 1. The predicted octanol–water partition coefficient (Wildman–Crippen LogP) is 5.73. The van der Waals surface area contributed by atoms with Gasteiger partial charge in [0.25, 0.3) is 11.7 Å². The highest BCUT2D eigenvalue weighted by atomic mass is 32.2. The summed E-state index contributed by atoms with van der Waals surface area (Å²) < 4.78 is 24.7. The second-order valence-electron chi connectivity index (χ2n) is 5.08. The molecule has 1 amide bonds. The molecule has 1 aromatic carbocycles. The van der Waals surface area contributed by atoms with E-state index in [2.05, 4.69) is 10.3 Å². The van der Waals surface area contributed by atoms with E-state index in [1.54, 1.807) is 16.7 Å². The highest BCUT2D eigenvalue weighted by molar-refractivity contribution is 7.99. The van der Waals surface area contributed by atoms with E-state index in [9.17, 15) is 18.8 Å². The van der Waals surface area contributed by atoms with Gasteiger partial charge in [-0.25, -0.2) is 4.98 Å². The standard InChI is InChI=1S/C18H11F2N3OS3/c19-18(20)27-14-5-3-12(4-6-14)22-16(24)11(9-21)8-13-10-26-17(23-13)15-2-1-7-25-15/h1-8,10,18H,(H,22,24). The lowest BCUT2D eigenvalue weighted by molar-refractivity contribution is -0.112. The molecule has 4 nitrogen and oxygen atoms in total. The molecule has 0 saturated carbocycles. The van der Waals surface area contributed by atoms with Crippen LogP contribution in [0.4, 0.5) is 14.5 Å². The number of rotatable bonds is 6. The molecule has 2 heterocycles. The molecule has 0 unspecified atom stereocenters. The molecule has 0 fully saturated rings. The van der Waals surface area contributed by atoms with Crippen LogP contribution in [0.5, 0.6) is 0 Å². The number of alkyl halides is 2. The molecule has 0 bridgehead atoms. The molecule has 0 aliphatic carbocycles. The topological polar surface area (TPSA) is 65.8 Å². The molecular weight excluding hydrogens is 408 g/mol. The minimum atomic E-state index is -2.50. The van der Waals surface area contributed by atoms with E-state index in [1.165, 1.54) is 41.7 Å². The van der Waals surface area contributed by atoms with E-state index >= 15 is 0 Å². The summed E-state index contributed by atoms with van der Waals surface area (Å²) in [6, 6.07) is 11.7. The van der Waals surface area contributed by atoms with Gasteiger partial charge < -0.3 is 5.32 Å². The average Bonchev–Trinajstić information content (AvgIpc) is 3.32. The van der Waals surface area contributed by atoms with Crippen LogP contribution in [-0.2, 0) is 4.79 Å². The van der Waals surface area contributed by atoms with Crippen LogP contribution >= 0.6 is 34.4 Å². The van der Waals surface area contributed by atoms with Crippen LogP contribution < -0.4 is 5.32 Å². The van der Waals surface area contributed by atoms with Gasteiger partial charge in [0.05, 0.1) is 10.6 Å². The van der Waals surface area contributed by atoms with Gasteiger partial charge in [0.15, 0.2) is 0 Å². The van der Waals surface area contributed by atoms with E-state index in [1.807, 2.05) is 23.6 Å². The van der Waals surface area contributed by atoms with Crippen LogP contribution in [0.1, 0.15) is 5.69 Å². The third-order valence-electron chi connectivity index (χ3n) is 3.25. The lowest BCUT2D eigenvalue weighted by atomic mass is 10.2. The first-order chi connectivity index (χ1) is 13.0. The Morgan fingerprint density at radius 3 is 2.67 bits per heavy atom. The number of nitriles is 1. The Labute approximate surface area is 166 Å². The summed E-state index contributed by atoms with van der Waals surface area (Å²) >= 11 is 3.42. The van der Waals surface area contributed by atoms with Crippen LogP contribution in [0.15, 0.2) is 57.6 Å². The highest BCUT2D eigenvalue weighted by Gasteiger charge is 2.12. The van der Waals surface area contributed by atoms with Crippen molar-refractivity contribution in [3.8, 4) is 16.0 Å². The SMILES string of the molecule is N#CC(=Cc1csc(-c2cccs2)n1)C(=O)Nc1ccc(SC(F)F)cc1. The molecule has 0 spiro atoms. The summed E-state index contributed by atoms with van der Waals surface area (Å²) in [6.07, 6.45) is 1.42. The number of carbonyl (C=O) groups excluding carboxylic acids is 1. The zero-order valence-electron chi connectivity index (χ0n) is 13.6. The summed E-state index contributed by atoms with van der Waals surface area (Å²) in [5, 5.41) is 16.4. The summed E-state index contributed by atoms with van der Waals surface area (Å²) in [7, 11) is 0. The van der Waals surface area contributed by atoms with Crippen molar-refractivity contribution in [1.29, 1.82) is 5.26 Å². The van der Waals surface area contributed by atoms with Crippen LogP contribution in [0.3, 0.4) is 0 Å². The number of hydrogen-bond acceptors (Lipinski definition) is 6. The van der Waals surface area contributed by atoms with Crippen molar-refractivity contribution in [2.45, 2.75) is 10.7 Å². The first kappa shape index (κ1) is 19.2. The van der Waals surface area contributed by atoms with Gasteiger partial charge >= 0.3 is 0 Å². The van der Waals surface area contributed by atoms with Crippen molar-refractivity contribution in [1.82, 2.24) is 4.98 Å². The van der Waals surface area contributed by atoms with Gasteiger partial charge in [-0.15, -0.1) is 22.7 Å². The number of thiazole rings is 1. The maximum Gasteiger partial charge on any atom is 0.288 e. The Kier molecular flexibility index (Phi) is 6.34. The molecule has 27 heavy (non-hydrogen) atoms. The lowest BCUT2D eigenvalue weighted by Gasteiger charge is -2.05. The van der Waals surface area contributed by atoms with Crippen molar-refractivity contribution in [2.75, 3.05) is 5.32 Å². The van der Waals surface area contributed by atoms with E-state index in [0.29, 0.717) is 28.0 Å². The Morgan fingerprint density at radius 1 is 1.26 bits per heavy atom. The number of halogens is 2. The smallest absolute Gasteiger partial charge is 0.288 e. The predicted molar refractivity (Wildman–Crippen MR) is 106 cm³/mol. The van der Waals surface area contributed by atoms with Gasteiger partial charge in [-0.3, -0.25) is 4.79 Å². The molecule has 0 radical (unpaired) electrons. The monoisotopic (exact) mass is 419 g/mol. The second-order valence-corrected chi connectivity index (χ2v) is 7.95. The summed E-state index contributed by atoms with van der Waals surface area (Å²) in [5.74, 6) is -3.09. The summed E-state index contributed by atoms with van der Waals surface area (Å²) in [6.45, 7) is 0. The maximum atomic E-state index is 12.3. The fraction of sp³-hybridized carbons (Fsp3) is 0.0556. The van der Waals surface area contributed by atoms with Crippen molar-refractivity contribution < 1.29 is 13.6 Å². The number of nitrogens with zero attached hydrogens (tertiary/aromatic N) is 2. The quantitative estimate of drug-likeness (QED) is 0.315. The highest BCUT2D eigenvalue weighted by Crippen LogP contribution is 2.29. The van der Waals surface area contributed by atoms with Crippen LogP contribution in [0, 0.1) is 11.3 Å². The van der Waals surface area contributed by atoms with Crippen molar-refractivity contribution in [3.63, 3.8) is 0 Å². The Morgan fingerprint density at radius 2 is 2.04 bits per heavy atom. The van der Waals surface area contributed by atoms with Crippen LogP contribution in [0.2, 0.25) is 0 Å². The van der Waals surface area contributed by atoms with Crippen molar-refractivity contribution in [2.24, 2.45) is 0 Å². The van der Waals surface area contributed by atoms with E-state index in [-0.39, 0.29) is 5.57 Å². The number of benzene rings is 1. The van der Waals surface area contributed by atoms with Crippen molar-refractivity contribution >= 4 is 52.1 Å². The van der Waals surface area contributed by atoms with Crippen molar-refractivity contribution in [3.05, 3.63) is 58.4 Å². The third-order valence-corrected chi connectivity index (χ3v) is 5.87. The Bertz CT molecular complexity index is 990. The third kappa shape index (κ3) is 5.23. The number of anilines is 1. The number of amides is 1. The summed E-state index contributed by atoms with van der Waals surface area (Å²) in [4.78, 5) is 18.1. The molecule has 0 saturated heterocycles. The largest absolute Gasteiger partial charge is 0.321 e. The summed E-state index contributed by atoms with van der Waals surface area (Å²) in [5.41, 5.74) is 0.847. The molecule has 1 N–H and O–H groups in total. The van der Waals surface area contributed by atoms with Gasteiger partial charge in [-0.1, -0.05) is 17.8 Å². The molecule has 3 aromatic rings. The molecule has 0 atom stereocenters. The zero-order chi connectivity index (χ0) is 19.2. The average molecular weight is 420 g/mol. The molecule has 136 valence electrons. The second kappa shape index (κ2) is 8.90. The minimum absolute atomic E-state index is 0.0935. The van der Waals surface area contributed by atoms with Gasteiger partial charge in [-0.05, 0) is 41.8 Å². The van der Waals surface area contributed by atoms with E-state index in [4.69, 9.17) is 0 Å². The maximum absolute atomic E-state index is 12.3. The molecule has 3 rings (SSSR count). The molecular formula is C18H11F2N3OS3. The Hall–Kier alpha value is -2.54. The number of thiophene rings is 1. The van der Waals surface area contributed by atoms with E-state index < -0.39 is 11.7 Å². The number of hydrogen-bond donors (Lipinski definition) is 1. The number of carbonyl (C=O) groups is 1. The molecule has 9 heteroatoms. The van der Waals surface area contributed by atoms with Crippen LogP contribution in [0.25, 0.3) is 16.0 Å². The van der Waals surface area contributed by atoms with Gasteiger partial charge in [0.1, 0.15) is 16.6 Å². The zero-order valence-corrected chi connectivity index (χ0v) is 16.0. The number of thioether (sulfide) groups is 1. The molecule has 2 aromatic heterocycles. The first-order valence-electron chi connectivity index (χ1n) is 7.52. The first-order valence-corrected chi connectivity index (χ1v) is 10.2. The van der Waals surface area contributed by atoms with E-state index in [0.717, 1.165) is 9.88 Å². The molecule has 0 aliphatic rings. The lowest BCUT2D eigenvalue weighted by Crippen LogP contribution is -2.13. The fourth-order valence-electron chi connectivity index (χ4n) is 2.08. The Balaban J connectivity index is 1.70. The molecule has 0 aliphatic heterocycles. The number of nitrogens with one attached hydrogen (secondary N) is 1. The minimum Gasteiger partial charge on any atom is -0.321 e. The normalized spacial score (nSPS) is 11.4.